The molecule has 0 aromatic carbocycles. The Bertz CT molecular complexity index is 440. The molecule has 1 aromatic heterocycles. The molecular formula is C11H20N2O2S2. The lowest BCUT2D eigenvalue weighted by molar-refractivity contribution is 0.468. The molecule has 0 aliphatic heterocycles. The normalized spacial score (nSPS) is 12.2. The van der Waals surface area contributed by atoms with Crippen molar-refractivity contribution in [1.82, 2.24) is 9.62 Å². The molecule has 0 fully saturated rings. The van der Waals surface area contributed by atoms with Crippen LogP contribution in [0.15, 0.2) is 16.3 Å². The van der Waals surface area contributed by atoms with Crippen LogP contribution in [0.5, 0.6) is 0 Å². The molecule has 4 nitrogen and oxygen atoms in total. The van der Waals surface area contributed by atoms with Crippen LogP contribution < -0.4 is 5.32 Å². The Morgan fingerprint density at radius 2 is 2.12 bits per heavy atom. The quantitative estimate of drug-likeness (QED) is 0.827. The first-order valence-corrected chi connectivity index (χ1v) is 8.08. The van der Waals surface area contributed by atoms with Crippen molar-refractivity contribution in [3.05, 3.63) is 16.3 Å². The van der Waals surface area contributed by atoms with E-state index in [-0.39, 0.29) is 0 Å². The van der Waals surface area contributed by atoms with Gasteiger partial charge in [-0.1, -0.05) is 13.8 Å². The van der Waals surface area contributed by atoms with Crippen LogP contribution in [-0.2, 0) is 16.6 Å². The van der Waals surface area contributed by atoms with Crippen LogP contribution in [-0.4, -0.2) is 32.9 Å². The Morgan fingerprint density at radius 1 is 1.41 bits per heavy atom. The van der Waals surface area contributed by atoms with Gasteiger partial charge in [0.05, 0.1) is 4.90 Å². The first-order valence-electron chi connectivity index (χ1n) is 5.76. The summed E-state index contributed by atoms with van der Waals surface area (Å²) in [7, 11) is -1.66. The number of sulfonamides is 1. The molecule has 1 aromatic rings. The van der Waals surface area contributed by atoms with Crippen LogP contribution >= 0.6 is 11.3 Å². The van der Waals surface area contributed by atoms with E-state index in [0.717, 1.165) is 24.4 Å². The van der Waals surface area contributed by atoms with E-state index in [9.17, 15) is 8.42 Å². The van der Waals surface area contributed by atoms with Gasteiger partial charge in [-0.05, 0) is 19.0 Å². The fourth-order valence-corrected chi connectivity index (χ4v) is 3.95. The highest BCUT2D eigenvalue weighted by Crippen LogP contribution is 2.22. The molecule has 0 saturated heterocycles. The van der Waals surface area contributed by atoms with Gasteiger partial charge in [0.15, 0.2) is 0 Å². The predicted octanol–water partition coefficient (Wildman–Crippen LogP) is 1.89. The van der Waals surface area contributed by atoms with Gasteiger partial charge in [-0.3, -0.25) is 0 Å². The molecule has 0 amide bonds. The van der Waals surface area contributed by atoms with Crippen molar-refractivity contribution in [1.29, 1.82) is 0 Å². The third-order valence-corrected chi connectivity index (χ3v) is 5.35. The molecule has 6 heteroatoms. The summed E-state index contributed by atoms with van der Waals surface area (Å²) in [4.78, 5) is 1.46. The average molecular weight is 276 g/mol. The van der Waals surface area contributed by atoms with Crippen molar-refractivity contribution >= 4 is 21.4 Å². The zero-order chi connectivity index (χ0) is 12.9. The molecule has 1 heterocycles. The van der Waals surface area contributed by atoms with Crippen LogP contribution in [0.2, 0.25) is 0 Å². The number of hydrogen-bond donors (Lipinski definition) is 1. The summed E-state index contributed by atoms with van der Waals surface area (Å²) >= 11 is 1.48. The Morgan fingerprint density at radius 3 is 2.71 bits per heavy atom. The summed E-state index contributed by atoms with van der Waals surface area (Å²) in [6.07, 6.45) is 0.824. The van der Waals surface area contributed by atoms with Crippen LogP contribution in [0.1, 0.15) is 25.1 Å². The summed E-state index contributed by atoms with van der Waals surface area (Å²) in [5, 5.41) is 4.90. The third kappa shape index (κ3) is 3.77. The summed E-state index contributed by atoms with van der Waals surface area (Å²) in [6, 6.07) is 1.76. The van der Waals surface area contributed by atoms with Crippen LogP contribution in [0.4, 0.5) is 0 Å². The topological polar surface area (TPSA) is 49.4 Å². The van der Waals surface area contributed by atoms with Gasteiger partial charge in [-0.25, -0.2) is 12.7 Å². The van der Waals surface area contributed by atoms with Crippen LogP contribution in [0.25, 0.3) is 0 Å². The fourth-order valence-electron chi connectivity index (χ4n) is 1.45. The van der Waals surface area contributed by atoms with Gasteiger partial charge in [0, 0.05) is 30.4 Å². The Hall–Kier alpha value is -0.430. The van der Waals surface area contributed by atoms with Crippen molar-refractivity contribution in [3.63, 3.8) is 0 Å². The van der Waals surface area contributed by atoms with E-state index in [2.05, 4.69) is 5.32 Å². The standard InChI is InChI=1S/C11H20N2O2S2/c1-4-6-13(3)17(14,15)11-7-10(16-9-11)8-12-5-2/h7,9,12H,4-6,8H2,1-3H3. The fraction of sp³-hybridized carbons (Fsp3) is 0.636. The second-order valence-electron chi connectivity index (χ2n) is 3.86. The van der Waals surface area contributed by atoms with Crippen molar-refractivity contribution in [3.8, 4) is 0 Å². The molecule has 17 heavy (non-hydrogen) atoms. The molecule has 1 N–H and O–H groups in total. The lowest BCUT2D eigenvalue weighted by Crippen LogP contribution is -2.27. The highest BCUT2D eigenvalue weighted by Gasteiger charge is 2.21. The van der Waals surface area contributed by atoms with E-state index in [1.54, 1.807) is 18.5 Å². The van der Waals surface area contributed by atoms with E-state index >= 15 is 0 Å². The van der Waals surface area contributed by atoms with Crippen LogP contribution in [0, 0.1) is 0 Å². The minimum atomic E-state index is -3.29. The third-order valence-electron chi connectivity index (χ3n) is 2.43. The molecule has 1 rings (SSSR count). The van der Waals surface area contributed by atoms with Gasteiger partial charge in [0.2, 0.25) is 10.0 Å². The Balaban J connectivity index is 2.81. The predicted molar refractivity (Wildman–Crippen MR) is 71.8 cm³/mol. The summed E-state index contributed by atoms with van der Waals surface area (Å²) in [6.45, 7) is 6.17. The lowest BCUT2D eigenvalue weighted by Gasteiger charge is -2.14. The highest BCUT2D eigenvalue weighted by atomic mass is 32.2. The van der Waals surface area contributed by atoms with E-state index < -0.39 is 10.0 Å². The molecule has 0 radical (unpaired) electrons. The number of nitrogens with one attached hydrogen (secondary N) is 1. The van der Waals surface area contributed by atoms with Crippen molar-refractivity contribution in [2.45, 2.75) is 31.7 Å². The maximum atomic E-state index is 12.1. The SMILES string of the molecule is CCCN(C)S(=O)(=O)c1csc(CNCC)c1. The number of hydrogen-bond acceptors (Lipinski definition) is 4. The molecule has 0 unspecified atom stereocenters. The lowest BCUT2D eigenvalue weighted by atomic mass is 10.4. The minimum absolute atomic E-state index is 0.409. The monoisotopic (exact) mass is 276 g/mol. The number of thiophene rings is 1. The maximum absolute atomic E-state index is 12.1. The molecule has 0 saturated carbocycles. The average Bonchev–Trinajstić information content (AvgIpc) is 2.75. The van der Waals surface area contributed by atoms with Crippen molar-refractivity contribution in [2.75, 3.05) is 20.1 Å². The largest absolute Gasteiger partial charge is 0.312 e. The van der Waals surface area contributed by atoms with E-state index in [0.29, 0.717) is 11.4 Å². The van der Waals surface area contributed by atoms with Gasteiger partial charge >= 0.3 is 0 Å². The molecular weight excluding hydrogens is 256 g/mol. The minimum Gasteiger partial charge on any atom is -0.312 e. The Kier molecular flexibility index (Phi) is 5.58. The molecule has 0 spiro atoms. The summed E-state index contributed by atoms with van der Waals surface area (Å²) in [5.41, 5.74) is 0. The highest BCUT2D eigenvalue weighted by molar-refractivity contribution is 7.89. The molecule has 0 atom stereocenters. The molecule has 0 aliphatic carbocycles. The zero-order valence-electron chi connectivity index (χ0n) is 10.6. The second kappa shape index (κ2) is 6.49. The molecule has 0 bridgehead atoms. The summed E-state index contributed by atoms with van der Waals surface area (Å²) < 4.78 is 25.7. The number of nitrogens with zero attached hydrogens (tertiary/aromatic N) is 1. The van der Waals surface area contributed by atoms with Gasteiger partial charge in [0.1, 0.15) is 0 Å². The van der Waals surface area contributed by atoms with Gasteiger partial charge in [-0.15, -0.1) is 11.3 Å². The van der Waals surface area contributed by atoms with E-state index in [1.807, 2.05) is 13.8 Å². The zero-order valence-corrected chi connectivity index (χ0v) is 12.2. The maximum Gasteiger partial charge on any atom is 0.243 e. The van der Waals surface area contributed by atoms with Gasteiger partial charge in [-0.2, -0.15) is 0 Å². The second-order valence-corrected chi connectivity index (χ2v) is 6.90. The van der Waals surface area contributed by atoms with Crippen LogP contribution in [0.3, 0.4) is 0 Å². The van der Waals surface area contributed by atoms with Gasteiger partial charge in [0.25, 0.3) is 0 Å². The van der Waals surface area contributed by atoms with Crippen molar-refractivity contribution < 1.29 is 8.42 Å². The van der Waals surface area contributed by atoms with Crippen molar-refractivity contribution in [2.24, 2.45) is 0 Å². The smallest absolute Gasteiger partial charge is 0.243 e. The first kappa shape index (κ1) is 14.6. The first-order chi connectivity index (χ1) is 8.02. The summed E-state index contributed by atoms with van der Waals surface area (Å²) in [5.74, 6) is 0. The van der Waals surface area contributed by atoms with E-state index in [4.69, 9.17) is 0 Å². The Labute approximate surface area is 108 Å². The molecule has 0 aliphatic rings. The molecule has 98 valence electrons. The number of rotatable bonds is 7. The van der Waals surface area contributed by atoms with Gasteiger partial charge < -0.3 is 5.32 Å². The van der Waals surface area contributed by atoms with E-state index in [1.165, 1.54) is 15.6 Å².